The van der Waals surface area contributed by atoms with Gasteiger partial charge in [0, 0.05) is 23.5 Å². The molecule has 3 atom stereocenters. The van der Waals surface area contributed by atoms with Gasteiger partial charge >= 0.3 is 11.9 Å². The summed E-state index contributed by atoms with van der Waals surface area (Å²) in [5.41, 5.74) is 0.519. The number of ketones is 3. The fraction of sp³-hybridized carbons (Fsp3) is 0.656. The summed E-state index contributed by atoms with van der Waals surface area (Å²) in [6, 6.07) is 7.68. The van der Waals surface area contributed by atoms with Crippen molar-refractivity contribution in [3.05, 3.63) is 29.8 Å². The summed E-state index contributed by atoms with van der Waals surface area (Å²) >= 11 is 4.58. The standard InChI is InChI=1S/C32H44O8S3/c1-22-8-2-3-9-25(22)40-26(23-10-11-24(33)31(23)39)14-19-43-28-13-12-27(34)32(28,15-4-6-17-41-20-29(35)36)16-5-7-18-42-21-30(37)38/h2-3,8-9,23,26,28H,4-7,10-21H2,1H3,(H,35,36)(H,37,38). The number of ether oxygens (including phenoxy) is 1. The molecule has 11 heteroatoms. The Morgan fingerprint density at radius 1 is 0.907 bits per heavy atom. The van der Waals surface area contributed by atoms with Gasteiger partial charge in [0.25, 0.3) is 0 Å². The van der Waals surface area contributed by atoms with Crippen molar-refractivity contribution in [3.63, 3.8) is 0 Å². The Morgan fingerprint density at radius 2 is 1.53 bits per heavy atom. The second-order valence-electron chi connectivity index (χ2n) is 11.4. The SMILES string of the molecule is Cc1ccccc1OC(CCSC1CCC(=O)C1(CCCCSCC(=O)O)CCCCSCC(=O)O)C1CCC(=O)C1=O. The van der Waals surface area contributed by atoms with Gasteiger partial charge in [-0.3, -0.25) is 24.0 Å². The summed E-state index contributed by atoms with van der Waals surface area (Å²) < 4.78 is 6.38. The Hall–Kier alpha value is -1.98. The van der Waals surface area contributed by atoms with Gasteiger partial charge in [-0.2, -0.15) is 35.3 Å². The monoisotopic (exact) mass is 652 g/mol. The van der Waals surface area contributed by atoms with Crippen LogP contribution in [-0.4, -0.2) is 79.6 Å². The van der Waals surface area contributed by atoms with E-state index in [0.717, 1.165) is 67.8 Å². The highest BCUT2D eigenvalue weighted by molar-refractivity contribution is 8.00. The fourth-order valence-corrected chi connectivity index (χ4v) is 9.24. The number of Topliss-reactive ketones (excluding diaryl/α,β-unsaturated/α-hetero) is 3. The van der Waals surface area contributed by atoms with E-state index in [1.165, 1.54) is 23.5 Å². The van der Waals surface area contributed by atoms with Gasteiger partial charge in [0.2, 0.25) is 5.78 Å². The van der Waals surface area contributed by atoms with Crippen LogP contribution in [0.1, 0.15) is 76.2 Å². The van der Waals surface area contributed by atoms with E-state index in [1.54, 1.807) is 11.8 Å². The molecule has 2 fully saturated rings. The molecule has 1 aromatic carbocycles. The number of carbonyl (C=O) groups excluding carboxylic acids is 3. The first-order chi connectivity index (χ1) is 20.6. The van der Waals surface area contributed by atoms with Crippen LogP contribution in [0, 0.1) is 18.3 Å². The lowest BCUT2D eigenvalue weighted by Crippen LogP contribution is -2.36. The smallest absolute Gasteiger partial charge is 0.313 e. The maximum absolute atomic E-state index is 13.5. The van der Waals surface area contributed by atoms with Crippen LogP contribution in [0.4, 0.5) is 0 Å². The molecule has 0 bridgehead atoms. The number of hydrogen-bond acceptors (Lipinski definition) is 9. The predicted octanol–water partition coefficient (Wildman–Crippen LogP) is 6.11. The first-order valence-electron chi connectivity index (χ1n) is 15.2. The van der Waals surface area contributed by atoms with Crippen LogP contribution in [0.5, 0.6) is 5.75 Å². The average Bonchev–Trinajstić information content (AvgIpc) is 3.46. The van der Waals surface area contributed by atoms with Gasteiger partial charge in [-0.25, -0.2) is 0 Å². The Balaban J connectivity index is 1.65. The lowest BCUT2D eigenvalue weighted by Gasteiger charge is -2.35. The van der Waals surface area contributed by atoms with Crippen molar-refractivity contribution in [3.8, 4) is 5.75 Å². The molecule has 0 radical (unpaired) electrons. The molecule has 2 N–H and O–H groups in total. The maximum Gasteiger partial charge on any atom is 0.313 e. The van der Waals surface area contributed by atoms with E-state index >= 15 is 0 Å². The van der Waals surface area contributed by atoms with Crippen LogP contribution in [-0.2, 0) is 24.0 Å². The summed E-state index contributed by atoms with van der Waals surface area (Å²) in [7, 11) is 0. The summed E-state index contributed by atoms with van der Waals surface area (Å²) in [6.07, 6.45) is 7.22. The molecule has 0 aromatic heterocycles. The summed E-state index contributed by atoms with van der Waals surface area (Å²) in [4.78, 5) is 60.0. The molecule has 2 aliphatic carbocycles. The van der Waals surface area contributed by atoms with Crippen LogP contribution in [0.25, 0.3) is 0 Å². The molecule has 0 amide bonds. The van der Waals surface area contributed by atoms with Gasteiger partial charge in [-0.15, -0.1) is 0 Å². The zero-order chi connectivity index (χ0) is 31.2. The second-order valence-corrected chi connectivity index (χ2v) is 14.9. The van der Waals surface area contributed by atoms with Crippen molar-refractivity contribution in [2.24, 2.45) is 11.3 Å². The van der Waals surface area contributed by atoms with Crippen LogP contribution >= 0.6 is 35.3 Å². The zero-order valence-electron chi connectivity index (χ0n) is 24.9. The van der Waals surface area contributed by atoms with Crippen LogP contribution in [0.15, 0.2) is 24.3 Å². The van der Waals surface area contributed by atoms with Crippen molar-refractivity contribution in [2.45, 2.75) is 88.9 Å². The van der Waals surface area contributed by atoms with Gasteiger partial charge in [0.15, 0.2) is 5.78 Å². The minimum atomic E-state index is -0.821. The lowest BCUT2D eigenvalue weighted by molar-refractivity contribution is -0.137. The number of unbranched alkanes of at least 4 members (excludes halogenated alkanes) is 2. The molecule has 8 nitrogen and oxygen atoms in total. The van der Waals surface area contributed by atoms with Gasteiger partial charge in [0.05, 0.1) is 17.4 Å². The Kier molecular flexibility index (Phi) is 14.9. The van der Waals surface area contributed by atoms with E-state index in [1.807, 2.05) is 31.2 Å². The maximum atomic E-state index is 13.5. The average molecular weight is 653 g/mol. The molecule has 238 valence electrons. The molecule has 0 saturated heterocycles. The van der Waals surface area contributed by atoms with Gasteiger partial charge in [-0.05, 0) is 80.8 Å². The first kappa shape index (κ1) is 35.5. The number of para-hydroxylation sites is 1. The number of hydrogen-bond donors (Lipinski definition) is 2. The first-order valence-corrected chi connectivity index (χ1v) is 18.5. The number of aryl methyl sites for hydroxylation is 1. The molecule has 2 aliphatic rings. The van der Waals surface area contributed by atoms with Crippen molar-refractivity contribution in [2.75, 3.05) is 28.8 Å². The van der Waals surface area contributed by atoms with Crippen molar-refractivity contribution >= 4 is 64.6 Å². The Morgan fingerprint density at radius 3 is 2.09 bits per heavy atom. The van der Waals surface area contributed by atoms with E-state index in [0.29, 0.717) is 30.8 Å². The van der Waals surface area contributed by atoms with Crippen LogP contribution < -0.4 is 4.74 Å². The number of carboxylic acids is 2. The van der Waals surface area contributed by atoms with Crippen molar-refractivity contribution in [1.29, 1.82) is 0 Å². The van der Waals surface area contributed by atoms with E-state index in [-0.39, 0.29) is 34.7 Å². The number of rotatable bonds is 21. The van der Waals surface area contributed by atoms with E-state index in [9.17, 15) is 24.0 Å². The lowest BCUT2D eigenvalue weighted by atomic mass is 9.76. The highest BCUT2D eigenvalue weighted by atomic mass is 32.2. The molecule has 0 aliphatic heterocycles. The number of benzene rings is 1. The number of aliphatic carboxylic acids is 2. The molecule has 1 aromatic rings. The molecular formula is C32H44O8S3. The molecule has 43 heavy (non-hydrogen) atoms. The van der Waals surface area contributed by atoms with Gasteiger partial charge in [-0.1, -0.05) is 31.0 Å². The highest BCUT2D eigenvalue weighted by Crippen LogP contribution is 2.50. The quantitative estimate of drug-likeness (QED) is 0.118. The number of thioether (sulfide) groups is 3. The summed E-state index contributed by atoms with van der Waals surface area (Å²) in [5.74, 6) is 0.618. The van der Waals surface area contributed by atoms with E-state index in [2.05, 4.69) is 0 Å². The van der Waals surface area contributed by atoms with E-state index < -0.39 is 29.4 Å². The topological polar surface area (TPSA) is 135 Å². The molecular weight excluding hydrogens is 609 g/mol. The molecule has 2 saturated carbocycles. The summed E-state index contributed by atoms with van der Waals surface area (Å²) in [5, 5.41) is 18.0. The van der Waals surface area contributed by atoms with Crippen LogP contribution in [0.3, 0.4) is 0 Å². The molecule has 0 spiro atoms. The Labute approximate surface area is 267 Å². The Bertz CT molecular complexity index is 1100. The third-order valence-electron chi connectivity index (χ3n) is 8.42. The van der Waals surface area contributed by atoms with Gasteiger partial charge in [0.1, 0.15) is 17.6 Å². The zero-order valence-corrected chi connectivity index (χ0v) is 27.4. The number of carboxylic acid groups (broad SMARTS) is 2. The minimum absolute atomic E-state index is 0.0808. The highest BCUT2D eigenvalue weighted by Gasteiger charge is 2.49. The number of carbonyl (C=O) groups is 5. The summed E-state index contributed by atoms with van der Waals surface area (Å²) in [6.45, 7) is 1.96. The molecule has 3 unspecified atom stereocenters. The normalized spacial score (nSPS) is 20.4. The van der Waals surface area contributed by atoms with Gasteiger partial charge < -0.3 is 14.9 Å². The molecule has 3 rings (SSSR count). The van der Waals surface area contributed by atoms with Crippen molar-refractivity contribution in [1.82, 2.24) is 0 Å². The van der Waals surface area contributed by atoms with Crippen LogP contribution in [0.2, 0.25) is 0 Å². The predicted molar refractivity (Wildman–Crippen MR) is 173 cm³/mol. The third kappa shape index (κ3) is 10.8. The fourth-order valence-electron chi connectivity index (χ4n) is 6.17. The third-order valence-corrected chi connectivity index (χ3v) is 12.0. The second kappa shape index (κ2) is 18.1. The minimum Gasteiger partial charge on any atom is -0.489 e. The van der Waals surface area contributed by atoms with E-state index in [4.69, 9.17) is 14.9 Å². The molecule has 0 heterocycles. The van der Waals surface area contributed by atoms with Crippen molar-refractivity contribution < 1.29 is 38.9 Å². The largest absolute Gasteiger partial charge is 0.489 e.